The maximum Gasteiger partial charge on any atom is 0.178 e. The Morgan fingerprint density at radius 2 is 0.833 bits per heavy atom. The van der Waals surface area contributed by atoms with Crippen LogP contribution in [-0.4, -0.2) is 52.8 Å². The molecule has 2 aliphatic heterocycles. The molecule has 0 radical (unpaired) electrons. The zero-order valence-corrected chi connectivity index (χ0v) is 21.4. The van der Waals surface area contributed by atoms with Gasteiger partial charge >= 0.3 is 0 Å². The maximum absolute atomic E-state index is 13.1. The van der Waals surface area contributed by atoms with E-state index in [2.05, 4.69) is 0 Å². The van der Waals surface area contributed by atoms with Gasteiger partial charge in [0, 0.05) is 0 Å². The first-order valence-electron chi connectivity index (χ1n) is 13.2. The molecule has 0 spiro atoms. The average Bonchev–Trinajstić information content (AvgIpc) is 3.71. The molecule has 8 rings (SSSR count). The normalized spacial score (nSPS) is 44.8. The molecule has 0 aromatic heterocycles. The Labute approximate surface area is 212 Å². The zero-order chi connectivity index (χ0) is 24.4. The van der Waals surface area contributed by atoms with Crippen molar-refractivity contribution in [1.29, 1.82) is 0 Å². The van der Waals surface area contributed by atoms with Gasteiger partial charge in [0.05, 0.1) is 45.7 Å². The van der Waals surface area contributed by atoms with E-state index in [9.17, 15) is 16.8 Å². The van der Waals surface area contributed by atoms with Crippen LogP contribution in [0.25, 0.3) is 0 Å². The fraction of sp³-hybridized carbons (Fsp3) is 0.571. The molecule has 2 aromatic rings. The van der Waals surface area contributed by atoms with Crippen LogP contribution in [0.5, 0.6) is 0 Å². The van der Waals surface area contributed by atoms with E-state index >= 15 is 0 Å². The first kappa shape index (κ1) is 22.3. The summed E-state index contributed by atoms with van der Waals surface area (Å²) in [7, 11) is -6.65. The highest BCUT2D eigenvalue weighted by atomic mass is 32.2. The summed E-state index contributed by atoms with van der Waals surface area (Å²) in [4.78, 5) is 0.801. The Morgan fingerprint density at radius 1 is 0.500 bits per heavy atom. The molecule has 12 atom stereocenters. The predicted molar refractivity (Wildman–Crippen MR) is 131 cm³/mol. The van der Waals surface area contributed by atoms with Gasteiger partial charge in [0.1, 0.15) is 0 Å². The van der Waals surface area contributed by atoms with Crippen molar-refractivity contribution in [3.05, 3.63) is 60.7 Å². The minimum atomic E-state index is -3.33. The van der Waals surface area contributed by atoms with Crippen LogP contribution in [0.15, 0.2) is 70.5 Å². The van der Waals surface area contributed by atoms with E-state index in [-0.39, 0.29) is 35.9 Å². The molecule has 36 heavy (non-hydrogen) atoms. The topological polar surface area (TPSA) is 93.3 Å². The maximum atomic E-state index is 13.1. The second-order valence-corrected chi connectivity index (χ2v) is 16.0. The van der Waals surface area contributed by atoms with E-state index < -0.39 is 19.7 Å². The van der Waals surface area contributed by atoms with Crippen molar-refractivity contribution in [2.75, 3.05) is 11.5 Å². The molecule has 0 N–H and O–H groups in total. The molecule has 6 aliphatic rings. The third-order valence-electron chi connectivity index (χ3n) is 10.5. The third-order valence-corrected chi connectivity index (χ3v) is 14.0. The van der Waals surface area contributed by atoms with E-state index in [0.717, 1.165) is 0 Å². The lowest BCUT2D eigenvalue weighted by molar-refractivity contribution is 0.106. The van der Waals surface area contributed by atoms with Gasteiger partial charge in [0.2, 0.25) is 0 Å². The Morgan fingerprint density at radius 3 is 1.17 bits per heavy atom. The molecule has 0 amide bonds. The SMILES string of the molecule is O=S(=O)(CCC1[C@@H]2C3C4[C@@H]1[C@H]1O[C@@H]1[C@H]4C(CCS(=O)(=O)c1ccccc1)[C@H]3[C@H]1O[C@H]21)c1ccccc1. The quantitative estimate of drug-likeness (QED) is 0.491. The molecule has 4 aliphatic carbocycles. The van der Waals surface area contributed by atoms with Crippen molar-refractivity contribution in [1.82, 2.24) is 0 Å². The third kappa shape index (κ3) is 3.01. The van der Waals surface area contributed by atoms with Gasteiger partial charge < -0.3 is 9.47 Å². The lowest BCUT2D eigenvalue weighted by atomic mass is 9.81. The van der Waals surface area contributed by atoms with E-state index in [1.165, 1.54) is 0 Å². The van der Waals surface area contributed by atoms with Crippen molar-refractivity contribution >= 4 is 19.7 Å². The van der Waals surface area contributed by atoms with Crippen LogP contribution in [0, 0.1) is 47.3 Å². The molecular formula is C28H30O6S2. The Hall–Kier alpha value is -1.74. The number of fused-ring (bicyclic) bond motifs is 6. The minimum absolute atomic E-state index is 0.164. The van der Waals surface area contributed by atoms with Gasteiger partial charge in [-0.25, -0.2) is 16.8 Å². The number of hydrogen-bond acceptors (Lipinski definition) is 6. The van der Waals surface area contributed by atoms with E-state index in [1.54, 1.807) is 48.5 Å². The molecule has 6 nitrogen and oxygen atoms in total. The van der Waals surface area contributed by atoms with Gasteiger partial charge in [-0.3, -0.25) is 0 Å². The highest BCUT2D eigenvalue weighted by Crippen LogP contribution is 2.79. The van der Waals surface area contributed by atoms with Gasteiger partial charge in [-0.05, 0) is 84.5 Å². The summed E-state index contributed by atoms with van der Waals surface area (Å²) in [5.41, 5.74) is 0. The number of rotatable bonds is 8. The fourth-order valence-corrected chi connectivity index (χ4v) is 12.2. The predicted octanol–water partition coefficient (Wildman–Crippen LogP) is 3.23. The van der Waals surface area contributed by atoms with Crippen LogP contribution in [0.2, 0.25) is 0 Å². The Balaban J connectivity index is 1.04. The second-order valence-electron chi connectivity index (χ2n) is 11.8. The average molecular weight is 527 g/mol. The minimum Gasteiger partial charge on any atom is -0.369 e. The molecule has 2 saturated heterocycles. The largest absolute Gasteiger partial charge is 0.369 e. The molecular weight excluding hydrogens is 496 g/mol. The van der Waals surface area contributed by atoms with Crippen LogP contribution >= 0.6 is 0 Å². The first-order valence-corrected chi connectivity index (χ1v) is 16.5. The molecule has 2 heterocycles. The molecule has 0 bridgehead atoms. The summed E-state index contributed by atoms with van der Waals surface area (Å²) in [6.07, 6.45) is 2.21. The Bertz CT molecular complexity index is 1270. The smallest absolute Gasteiger partial charge is 0.178 e. The van der Waals surface area contributed by atoms with Crippen LogP contribution in [0.4, 0.5) is 0 Å². The first-order chi connectivity index (χ1) is 17.4. The monoisotopic (exact) mass is 526 g/mol. The summed E-state index contributed by atoms with van der Waals surface area (Å²) in [6, 6.07) is 17.5. The summed E-state index contributed by atoms with van der Waals surface area (Å²) < 4.78 is 64.7. The lowest BCUT2D eigenvalue weighted by Crippen LogP contribution is -2.28. The number of hydrogen-bond donors (Lipinski definition) is 0. The van der Waals surface area contributed by atoms with Crippen molar-refractivity contribution in [3.8, 4) is 0 Å². The summed E-state index contributed by atoms with van der Waals surface area (Å²) in [6.45, 7) is 0. The molecule has 6 fully saturated rings. The lowest BCUT2D eigenvalue weighted by Gasteiger charge is -2.28. The van der Waals surface area contributed by atoms with Crippen molar-refractivity contribution in [2.24, 2.45) is 47.3 Å². The standard InChI is InChI=1S/C28H30O6S2/c29-35(30,15-7-3-1-4-8-15)13-11-17-19-23-21(27-25(19)33-27)18(22-24(23)20(17)26-28(22)34-26)12-14-36(31,32)16-9-5-2-6-10-16/h1-10,17-28H,11-14H2/t17?,18?,19-,20-,21-,22+,23?,24?,25-,26-,27-,28-/m1/s1. The van der Waals surface area contributed by atoms with Crippen LogP contribution in [-0.2, 0) is 29.1 Å². The molecule has 4 saturated carbocycles. The number of epoxide rings is 2. The van der Waals surface area contributed by atoms with Gasteiger partial charge in [0.15, 0.2) is 19.7 Å². The Kier molecular flexibility index (Phi) is 4.59. The highest BCUT2D eigenvalue weighted by molar-refractivity contribution is 7.91. The number of benzene rings is 2. The van der Waals surface area contributed by atoms with Crippen molar-refractivity contribution in [3.63, 3.8) is 0 Å². The molecule has 8 heteroatoms. The van der Waals surface area contributed by atoms with Gasteiger partial charge in [0.25, 0.3) is 0 Å². The number of ether oxygens (including phenoxy) is 2. The van der Waals surface area contributed by atoms with E-state index in [1.807, 2.05) is 12.1 Å². The van der Waals surface area contributed by atoms with Crippen LogP contribution < -0.4 is 0 Å². The van der Waals surface area contributed by atoms with Crippen molar-refractivity contribution < 1.29 is 26.3 Å². The van der Waals surface area contributed by atoms with Crippen LogP contribution in [0.1, 0.15) is 12.8 Å². The zero-order valence-electron chi connectivity index (χ0n) is 19.8. The second kappa shape index (κ2) is 7.43. The summed E-state index contributed by atoms with van der Waals surface area (Å²) in [5.74, 6) is 3.60. The molecule has 190 valence electrons. The van der Waals surface area contributed by atoms with Gasteiger partial charge in [-0.1, -0.05) is 36.4 Å². The molecule has 2 aromatic carbocycles. The van der Waals surface area contributed by atoms with Gasteiger partial charge in [-0.2, -0.15) is 0 Å². The fourth-order valence-electron chi connectivity index (χ4n) is 9.40. The van der Waals surface area contributed by atoms with E-state index in [0.29, 0.717) is 70.0 Å². The van der Waals surface area contributed by atoms with Crippen molar-refractivity contribution in [2.45, 2.75) is 47.0 Å². The molecule has 4 unspecified atom stereocenters. The number of sulfone groups is 2. The summed E-state index contributed by atoms with van der Waals surface area (Å²) >= 11 is 0. The van der Waals surface area contributed by atoms with Gasteiger partial charge in [-0.15, -0.1) is 0 Å². The van der Waals surface area contributed by atoms with E-state index in [4.69, 9.17) is 9.47 Å². The summed E-state index contributed by atoms with van der Waals surface area (Å²) in [5, 5.41) is 0. The highest BCUT2D eigenvalue weighted by Gasteiger charge is 2.83. The van der Waals surface area contributed by atoms with Crippen LogP contribution in [0.3, 0.4) is 0 Å².